The zero-order valence-corrected chi connectivity index (χ0v) is 10.1. The highest BCUT2D eigenvalue weighted by Gasteiger charge is 2.12. The molecule has 0 fully saturated rings. The molecule has 0 spiro atoms. The number of rotatable bonds is 2. The van der Waals surface area contributed by atoms with Gasteiger partial charge in [-0.25, -0.2) is 8.78 Å². The fourth-order valence-electron chi connectivity index (χ4n) is 1.63. The van der Waals surface area contributed by atoms with E-state index in [1.807, 2.05) is 0 Å². The summed E-state index contributed by atoms with van der Waals surface area (Å²) in [5.41, 5.74) is 0.636. The zero-order valence-electron chi connectivity index (χ0n) is 10.1. The minimum atomic E-state index is -0.762. The monoisotopic (exact) mass is 263 g/mol. The smallest absolute Gasteiger partial charge is 0.256 e. The van der Waals surface area contributed by atoms with Crippen molar-refractivity contribution in [2.45, 2.75) is 6.92 Å². The van der Waals surface area contributed by atoms with Crippen LogP contribution in [0.4, 0.5) is 14.5 Å². The molecule has 3 nitrogen and oxygen atoms in total. The summed E-state index contributed by atoms with van der Waals surface area (Å²) in [5, 5.41) is 11.4. The predicted octanol–water partition coefficient (Wildman–Crippen LogP) is 3.23. The fourth-order valence-corrected chi connectivity index (χ4v) is 1.63. The van der Waals surface area contributed by atoms with Gasteiger partial charge in [-0.1, -0.05) is 6.07 Å². The number of carbonyl (C=O) groups is 1. The number of hydrogen-bond donors (Lipinski definition) is 2. The van der Waals surface area contributed by atoms with Crippen LogP contribution in [-0.4, -0.2) is 11.0 Å². The molecule has 0 saturated heterocycles. The number of aromatic hydroxyl groups is 1. The molecule has 0 aromatic heterocycles. The first-order chi connectivity index (χ1) is 8.97. The van der Waals surface area contributed by atoms with Crippen molar-refractivity contribution in [2.75, 3.05) is 5.32 Å². The third-order valence-electron chi connectivity index (χ3n) is 2.65. The van der Waals surface area contributed by atoms with Gasteiger partial charge >= 0.3 is 0 Å². The van der Waals surface area contributed by atoms with Crippen LogP contribution in [0.5, 0.6) is 5.75 Å². The molecule has 2 aromatic rings. The van der Waals surface area contributed by atoms with Crippen LogP contribution < -0.4 is 5.32 Å². The second kappa shape index (κ2) is 5.06. The van der Waals surface area contributed by atoms with Crippen molar-refractivity contribution >= 4 is 11.6 Å². The molecule has 98 valence electrons. The number of anilines is 1. The Labute approximate surface area is 108 Å². The third-order valence-corrected chi connectivity index (χ3v) is 2.65. The minimum Gasteiger partial charge on any atom is -0.508 e. The van der Waals surface area contributed by atoms with Crippen LogP contribution in [0.15, 0.2) is 36.4 Å². The van der Waals surface area contributed by atoms with Gasteiger partial charge in [-0.05, 0) is 36.8 Å². The molecule has 0 aliphatic carbocycles. The maximum atomic E-state index is 13.5. The van der Waals surface area contributed by atoms with Crippen LogP contribution in [0.25, 0.3) is 0 Å². The maximum absolute atomic E-state index is 13.5. The highest BCUT2D eigenvalue weighted by atomic mass is 19.1. The molecule has 2 N–H and O–H groups in total. The van der Waals surface area contributed by atoms with Crippen LogP contribution in [0, 0.1) is 18.6 Å². The van der Waals surface area contributed by atoms with Gasteiger partial charge in [0.2, 0.25) is 0 Å². The van der Waals surface area contributed by atoms with Gasteiger partial charge in [0.1, 0.15) is 17.4 Å². The van der Waals surface area contributed by atoms with E-state index in [1.165, 1.54) is 24.3 Å². The quantitative estimate of drug-likeness (QED) is 0.817. The van der Waals surface area contributed by atoms with Crippen molar-refractivity contribution in [1.29, 1.82) is 0 Å². The Bertz CT molecular complexity index is 641. The first-order valence-electron chi connectivity index (χ1n) is 5.53. The van der Waals surface area contributed by atoms with Gasteiger partial charge < -0.3 is 10.4 Å². The summed E-state index contributed by atoms with van der Waals surface area (Å²) in [5.74, 6) is -2.15. The molecule has 2 aromatic carbocycles. The Hall–Kier alpha value is -2.43. The molecule has 5 heteroatoms. The van der Waals surface area contributed by atoms with Gasteiger partial charge in [-0.2, -0.15) is 0 Å². The second-order valence-corrected chi connectivity index (χ2v) is 4.08. The largest absolute Gasteiger partial charge is 0.508 e. The third kappa shape index (κ3) is 2.88. The zero-order chi connectivity index (χ0) is 14.0. The average molecular weight is 263 g/mol. The van der Waals surface area contributed by atoms with Crippen molar-refractivity contribution in [2.24, 2.45) is 0 Å². The van der Waals surface area contributed by atoms with E-state index >= 15 is 0 Å². The van der Waals surface area contributed by atoms with E-state index in [9.17, 15) is 13.6 Å². The van der Waals surface area contributed by atoms with Gasteiger partial charge in [0.15, 0.2) is 0 Å². The first kappa shape index (κ1) is 13.0. The van der Waals surface area contributed by atoms with Crippen molar-refractivity contribution in [1.82, 2.24) is 0 Å². The Morgan fingerprint density at radius 3 is 2.58 bits per heavy atom. The summed E-state index contributed by atoms with van der Waals surface area (Å²) in [6.45, 7) is 1.65. The number of halogens is 2. The minimum absolute atomic E-state index is 0.0774. The molecule has 0 aliphatic rings. The highest BCUT2D eigenvalue weighted by Crippen LogP contribution is 2.20. The summed E-state index contributed by atoms with van der Waals surface area (Å²) in [7, 11) is 0. The van der Waals surface area contributed by atoms with Crippen molar-refractivity contribution < 1.29 is 18.7 Å². The Balaban J connectivity index is 2.28. The van der Waals surface area contributed by atoms with E-state index in [2.05, 4.69) is 5.32 Å². The van der Waals surface area contributed by atoms with Gasteiger partial charge in [0.25, 0.3) is 5.91 Å². The molecule has 0 atom stereocenters. The lowest BCUT2D eigenvalue weighted by Gasteiger charge is -2.08. The SMILES string of the molecule is Cc1ccc(F)cc1C(=O)Nc1ccc(O)cc1F. The van der Waals surface area contributed by atoms with E-state index in [1.54, 1.807) is 6.92 Å². The lowest BCUT2D eigenvalue weighted by molar-refractivity contribution is 0.102. The molecular formula is C14H11F2NO2. The van der Waals surface area contributed by atoms with Gasteiger partial charge in [-0.3, -0.25) is 4.79 Å². The average Bonchev–Trinajstić information content (AvgIpc) is 2.35. The van der Waals surface area contributed by atoms with Crippen LogP contribution in [0.1, 0.15) is 15.9 Å². The Morgan fingerprint density at radius 2 is 1.89 bits per heavy atom. The Morgan fingerprint density at radius 1 is 1.16 bits per heavy atom. The van der Waals surface area contributed by atoms with Gasteiger partial charge in [0, 0.05) is 11.6 Å². The van der Waals surface area contributed by atoms with E-state index in [0.29, 0.717) is 5.56 Å². The summed E-state index contributed by atoms with van der Waals surface area (Å²) in [6.07, 6.45) is 0. The van der Waals surface area contributed by atoms with Crippen LogP contribution in [0.2, 0.25) is 0 Å². The number of phenolic OH excluding ortho intramolecular Hbond substituents is 1. The molecule has 0 bridgehead atoms. The molecule has 0 unspecified atom stereocenters. The van der Waals surface area contributed by atoms with Gasteiger partial charge in [0.05, 0.1) is 5.69 Å². The van der Waals surface area contributed by atoms with E-state index in [0.717, 1.165) is 12.1 Å². The lowest BCUT2D eigenvalue weighted by atomic mass is 10.1. The number of amides is 1. The fraction of sp³-hybridized carbons (Fsp3) is 0.0714. The summed E-state index contributed by atoms with van der Waals surface area (Å²) in [6, 6.07) is 7.16. The molecule has 0 heterocycles. The molecule has 0 radical (unpaired) electrons. The molecule has 2 rings (SSSR count). The molecule has 19 heavy (non-hydrogen) atoms. The first-order valence-corrected chi connectivity index (χ1v) is 5.53. The lowest BCUT2D eigenvalue weighted by Crippen LogP contribution is -2.14. The Kier molecular flexibility index (Phi) is 3.46. The van der Waals surface area contributed by atoms with E-state index in [-0.39, 0.29) is 17.0 Å². The summed E-state index contributed by atoms with van der Waals surface area (Å²) >= 11 is 0. The van der Waals surface area contributed by atoms with Crippen LogP contribution in [0.3, 0.4) is 0 Å². The number of phenols is 1. The summed E-state index contributed by atoms with van der Waals surface area (Å²) in [4.78, 5) is 11.9. The molecule has 0 aliphatic heterocycles. The van der Waals surface area contributed by atoms with Gasteiger partial charge in [-0.15, -0.1) is 0 Å². The molecule has 1 amide bonds. The highest BCUT2D eigenvalue weighted by molar-refractivity contribution is 6.05. The number of hydrogen-bond acceptors (Lipinski definition) is 2. The van der Waals surface area contributed by atoms with Crippen LogP contribution in [-0.2, 0) is 0 Å². The standard InChI is InChI=1S/C14H11F2NO2/c1-8-2-3-9(15)6-11(8)14(19)17-13-5-4-10(18)7-12(13)16/h2-7,18H,1H3,(H,17,19). The maximum Gasteiger partial charge on any atom is 0.256 e. The van der Waals surface area contributed by atoms with E-state index < -0.39 is 17.5 Å². The van der Waals surface area contributed by atoms with Crippen molar-refractivity contribution in [3.05, 3.63) is 59.2 Å². The number of benzene rings is 2. The topological polar surface area (TPSA) is 49.3 Å². The second-order valence-electron chi connectivity index (χ2n) is 4.08. The van der Waals surface area contributed by atoms with E-state index in [4.69, 9.17) is 5.11 Å². The molecular weight excluding hydrogens is 252 g/mol. The predicted molar refractivity (Wildman–Crippen MR) is 67.2 cm³/mol. The normalized spacial score (nSPS) is 10.3. The van der Waals surface area contributed by atoms with Crippen molar-refractivity contribution in [3.63, 3.8) is 0 Å². The number of carbonyl (C=O) groups excluding carboxylic acids is 1. The number of aryl methyl sites for hydroxylation is 1. The molecule has 0 saturated carbocycles. The number of nitrogens with one attached hydrogen (secondary N) is 1. The van der Waals surface area contributed by atoms with Crippen LogP contribution >= 0.6 is 0 Å². The van der Waals surface area contributed by atoms with Crippen molar-refractivity contribution in [3.8, 4) is 5.75 Å². The summed E-state index contributed by atoms with van der Waals surface area (Å²) < 4.78 is 26.5.